The van der Waals surface area contributed by atoms with Crippen molar-refractivity contribution < 1.29 is 4.79 Å². The lowest BCUT2D eigenvalue weighted by molar-refractivity contribution is -0.119. The second-order valence-corrected chi connectivity index (χ2v) is 8.91. The second-order valence-electron chi connectivity index (χ2n) is 8.91. The summed E-state index contributed by atoms with van der Waals surface area (Å²) < 4.78 is 1.96. The highest BCUT2D eigenvalue weighted by Gasteiger charge is 2.10. The minimum atomic E-state index is -0.00754. The number of ketones is 1. The molecule has 0 aliphatic rings. The Bertz CT molecular complexity index is 529. The molecule has 0 saturated carbocycles. The summed E-state index contributed by atoms with van der Waals surface area (Å²) >= 11 is 0. The molecule has 1 atom stereocenters. The zero-order chi connectivity index (χ0) is 21.9. The number of hydrogen-bond donors (Lipinski definition) is 1. The number of hydrogen-bond acceptors (Lipinski definition) is 4. The Kier molecular flexibility index (Phi) is 16.6. The molecule has 174 valence electrons. The predicted molar refractivity (Wildman–Crippen MR) is 127 cm³/mol. The van der Waals surface area contributed by atoms with Crippen LogP contribution in [0.2, 0.25) is 0 Å². The SMILES string of the molecule is CCCCCCCCCCCCCCCc1cn(CCCC[C@H](NC)C(C)=O)nn1. The molecule has 0 saturated heterocycles. The van der Waals surface area contributed by atoms with Gasteiger partial charge in [0.2, 0.25) is 0 Å². The van der Waals surface area contributed by atoms with E-state index in [1.807, 2.05) is 11.7 Å². The first kappa shape index (κ1) is 26.8. The minimum absolute atomic E-state index is 0.00754. The Labute approximate surface area is 185 Å². The van der Waals surface area contributed by atoms with Crippen molar-refractivity contribution in [2.24, 2.45) is 0 Å². The van der Waals surface area contributed by atoms with Crippen LogP contribution >= 0.6 is 0 Å². The number of aromatic nitrogens is 3. The standard InChI is InChI=1S/C25H48N4O/c1-4-5-6-7-8-9-10-11-12-13-14-15-16-19-24-22-29(28-27-24)21-18-17-20-25(26-3)23(2)30/h22,25-26H,4-21H2,1-3H3/t25-/m0/s1. The third-order valence-electron chi connectivity index (χ3n) is 6.09. The van der Waals surface area contributed by atoms with Crippen LogP contribution in [0.25, 0.3) is 0 Å². The molecule has 0 fully saturated rings. The minimum Gasteiger partial charge on any atom is -0.311 e. The summed E-state index contributed by atoms with van der Waals surface area (Å²) in [4.78, 5) is 11.4. The van der Waals surface area contributed by atoms with Crippen molar-refractivity contribution in [3.05, 3.63) is 11.9 Å². The molecule has 0 aliphatic heterocycles. The number of carbonyl (C=O) groups excluding carboxylic acids is 1. The number of unbranched alkanes of at least 4 members (excludes halogenated alkanes) is 13. The van der Waals surface area contributed by atoms with Crippen LogP contribution in [0.5, 0.6) is 0 Å². The summed E-state index contributed by atoms with van der Waals surface area (Å²) in [5.74, 6) is 0.221. The topological polar surface area (TPSA) is 59.8 Å². The van der Waals surface area contributed by atoms with Crippen molar-refractivity contribution in [2.45, 2.75) is 136 Å². The van der Waals surface area contributed by atoms with E-state index in [1.54, 1.807) is 6.92 Å². The number of nitrogens with one attached hydrogen (secondary N) is 1. The number of carbonyl (C=O) groups is 1. The van der Waals surface area contributed by atoms with Gasteiger partial charge in [0, 0.05) is 12.7 Å². The molecule has 1 rings (SSSR count). The van der Waals surface area contributed by atoms with E-state index in [1.165, 1.54) is 83.5 Å². The molecule has 0 bridgehead atoms. The first-order chi connectivity index (χ1) is 14.7. The van der Waals surface area contributed by atoms with Crippen LogP contribution in [0.3, 0.4) is 0 Å². The third-order valence-corrected chi connectivity index (χ3v) is 6.09. The van der Waals surface area contributed by atoms with Gasteiger partial charge >= 0.3 is 0 Å². The van der Waals surface area contributed by atoms with Crippen LogP contribution in [0.15, 0.2) is 6.20 Å². The maximum Gasteiger partial charge on any atom is 0.146 e. The summed E-state index contributed by atoms with van der Waals surface area (Å²) in [6.07, 6.45) is 24.1. The lowest BCUT2D eigenvalue weighted by atomic mass is 10.0. The van der Waals surface area contributed by atoms with Crippen molar-refractivity contribution >= 4 is 5.78 Å². The smallest absolute Gasteiger partial charge is 0.146 e. The molecule has 1 aromatic heterocycles. The Morgan fingerprint density at radius 1 is 0.900 bits per heavy atom. The number of likely N-dealkylation sites (N-methyl/N-ethyl adjacent to an activating group) is 1. The van der Waals surface area contributed by atoms with E-state index in [0.29, 0.717) is 0 Å². The molecule has 0 spiro atoms. The van der Waals surface area contributed by atoms with Gasteiger partial charge in [-0.2, -0.15) is 0 Å². The summed E-state index contributed by atoms with van der Waals surface area (Å²) in [5, 5.41) is 11.6. The van der Waals surface area contributed by atoms with Crippen molar-refractivity contribution in [1.29, 1.82) is 0 Å². The average Bonchev–Trinajstić information content (AvgIpc) is 3.19. The molecule has 1 aromatic rings. The van der Waals surface area contributed by atoms with Crippen LogP contribution in [-0.4, -0.2) is 33.9 Å². The largest absolute Gasteiger partial charge is 0.311 e. The molecule has 1 heterocycles. The summed E-state index contributed by atoms with van der Waals surface area (Å²) in [7, 11) is 1.85. The van der Waals surface area contributed by atoms with Gasteiger partial charge in [0.15, 0.2) is 0 Å². The summed E-state index contributed by atoms with van der Waals surface area (Å²) in [6.45, 7) is 4.83. The van der Waals surface area contributed by atoms with E-state index < -0.39 is 0 Å². The zero-order valence-corrected chi connectivity index (χ0v) is 20.1. The van der Waals surface area contributed by atoms with Crippen molar-refractivity contribution in [2.75, 3.05) is 7.05 Å². The first-order valence-corrected chi connectivity index (χ1v) is 12.7. The highest BCUT2D eigenvalue weighted by molar-refractivity contribution is 5.81. The first-order valence-electron chi connectivity index (χ1n) is 12.7. The van der Waals surface area contributed by atoms with Gasteiger partial charge in [0.05, 0.1) is 11.7 Å². The molecular formula is C25H48N4O. The van der Waals surface area contributed by atoms with Crippen molar-refractivity contribution in [3.63, 3.8) is 0 Å². The van der Waals surface area contributed by atoms with Gasteiger partial charge in [-0.25, -0.2) is 0 Å². The highest BCUT2D eigenvalue weighted by Crippen LogP contribution is 2.13. The molecule has 0 aromatic carbocycles. The molecule has 1 N–H and O–H groups in total. The van der Waals surface area contributed by atoms with Gasteiger partial charge in [-0.15, -0.1) is 5.10 Å². The van der Waals surface area contributed by atoms with Crippen LogP contribution in [0.1, 0.15) is 122 Å². The van der Waals surface area contributed by atoms with E-state index in [-0.39, 0.29) is 11.8 Å². The molecule has 5 nitrogen and oxygen atoms in total. The monoisotopic (exact) mass is 420 g/mol. The Morgan fingerprint density at radius 3 is 2.00 bits per heavy atom. The maximum absolute atomic E-state index is 11.4. The molecule has 30 heavy (non-hydrogen) atoms. The molecular weight excluding hydrogens is 372 g/mol. The Hall–Kier alpha value is -1.23. The number of rotatable bonds is 21. The van der Waals surface area contributed by atoms with Gasteiger partial charge in [-0.3, -0.25) is 9.48 Å². The lowest BCUT2D eigenvalue weighted by Gasteiger charge is -2.11. The van der Waals surface area contributed by atoms with Crippen LogP contribution < -0.4 is 5.32 Å². The quantitative estimate of drug-likeness (QED) is 0.238. The van der Waals surface area contributed by atoms with E-state index in [4.69, 9.17) is 0 Å². The van der Waals surface area contributed by atoms with Crippen molar-refractivity contribution in [1.82, 2.24) is 20.3 Å². The summed E-state index contributed by atoms with van der Waals surface area (Å²) in [6, 6.07) is -0.00754. The molecule has 5 heteroatoms. The van der Waals surface area contributed by atoms with Crippen LogP contribution in [0, 0.1) is 0 Å². The van der Waals surface area contributed by atoms with Crippen LogP contribution in [0.4, 0.5) is 0 Å². The normalized spacial score (nSPS) is 12.4. The Morgan fingerprint density at radius 2 is 1.47 bits per heavy atom. The Balaban J connectivity index is 1.94. The van der Waals surface area contributed by atoms with E-state index in [0.717, 1.165) is 37.9 Å². The van der Waals surface area contributed by atoms with Gasteiger partial charge in [-0.05, 0) is 46.1 Å². The fraction of sp³-hybridized carbons (Fsp3) is 0.880. The van der Waals surface area contributed by atoms with E-state index in [2.05, 4.69) is 28.7 Å². The molecule has 0 aliphatic carbocycles. The zero-order valence-electron chi connectivity index (χ0n) is 20.1. The summed E-state index contributed by atoms with van der Waals surface area (Å²) in [5.41, 5.74) is 1.12. The van der Waals surface area contributed by atoms with Gasteiger partial charge in [0.25, 0.3) is 0 Å². The molecule has 0 radical (unpaired) electrons. The van der Waals surface area contributed by atoms with Crippen LogP contribution in [-0.2, 0) is 17.8 Å². The van der Waals surface area contributed by atoms with E-state index in [9.17, 15) is 4.79 Å². The lowest BCUT2D eigenvalue weighted by Crippen LogP contribution is -2.32. The second kappa shape index (κ2) is 18.5. The van der Waals surface area contributed by atoms with E-state index >= 15 is 0 Å². The number of aryl methyl sites for hydroxylation is 2. The predicted octanol–water partition coefficient (Wildman–Crippen LogP) is 6.26. The highest BCUT2D eigenvalue weighted by atomic mass is 16.1. The fourth-order valence-electron chi connectivity index (χ4n) is 4.06. The van der Waals surface area contributed by atoms with Gasteiger partial charge in [-0.1, -0.05) is 89.2 Å². The molecule has 0 amide bonds. The van der Waals surface area contributed by atoms with Gasteiger partial charge < -0.3 is 5.32 Å². The maximum atomic E-state index is 11.4. The van der Waals surface area contributed by atoms with Gasteiger partial charge in [0.1, 0.15) is 5.78 Å². The fourth-order valence-corrected chi connectivity index (χ4v) is 4.06. The number of nitrogens with zero attached hydrogens (tertiary/aromatic N) is 3. The van der Waals surface area contributed by atoms with Crippen molar-refractivity contribution in [3.8, 4) is 0 Å². The number of Topliss-reactive ketones (excluding diaryl/α,β-unsaturated/α-hetero) is 1. The average molecular weight is 421 g/mol. The molecule has 0 unspecified atom stereocenters. The third kappa shape index (κ3) is 13.9.